The van der Waals surface area contributed by atoms with Crippen LogP contribution >= 0.6 is 11.6 Å². The van der Waals surface area contributed by atoms with E-state index in [1.807, 2.05) is 0 Å². The van der Waals surface area contributed by atoms with Crippen molar-refractivity contribution in [3.05, 3.63) is 46.2 Å². The first-order chi connectivity index (χ1) is 14.2. The summed E-state index contributed by atoms with van der Waals surface area (Å²) in [4.78, 5) is 17.0. The van der Waals surface area contributed by atoms with Crippen LogP contribution < -0.4 is 10.0 Å². The number of halogens is 2. The van der Waals surface area contributed by atoms with E-state index >= 15 is 0 Å². The van der Waals surface area contributed by atoms with Gasteiger partial charge in [0, 0.05) is 12.1 Å². The second-order valence-corrected chi connectivity index (χ2v) is 9.52. The van der Waals surface area contributed by atoms with Gasteiger partial charge in [-0.2, -0.15) is 4.98 Å². The van der Waals surface area contributed by atoms with E-state index < -0.39 is 21.7 Å². The second-order valence-electron chi connectivity index (χ2n) is 7.07. The van der Waals surface area contributed by atoms with E-state index in [9.17, 15) is 17.6 Å². The highest BCUT2D eigenvalue weighted by Crippen LogP contribution is 2.45. The van der Waals surface area contributed by atoms with E-state index in [0.29, 0.717) is 10.9 Å². The van der Waals surface area contributed by atoms with Crippen molar-refractivity contribution in [3.8, 4) is 11.3 Å². The molecule has 2 heterocycles. The number of carbonyl (C=O) groups excluding carboxylic acids is 1. The van der Waals surface area contributed by atoms with Crippen LogP contribution in [0.2, 0.25) is 5.02 Å². The largest absolute Gasteiger partial charge is 0.437 e. The lowest BCUT2D eigenvalue weighted by Gasteiger charge is -2.10. The standard InChI is InChI=1S/C20H19ClFN3O4S/c1-3-30(27,28)25-18-13(10-4-5-10)9-14-16(19(26)23-2)17(29-20(14)24-18)12-7-6-11(21)8-15(12)22/h6-10H,3-5H2,1-2H3,(H,23,26)(H,24,25). The molecular weight excluding hydrogens is 433 g/mol. The van der Waals surface area contributed by atoms with Crippen LogP contribution in [-0.2, 0) is 10.0 Å². The summed E-state index contributed by atoms with van der Waals surface area (Å²) in [6, 6.07) is 5.75. The predicted octanol–water partition coefficient (Wildman–Crippen LogP) is 4.29. The number of nitrogens with zero attached hydrogens (tertiary/aromatic N) is 1. The average molecular weight is 452 g/mol. The maximum atomic E-state index is 14.6. The number of amides is 1. The molecule has 1 saturated carbocycles. The fourth-order valence-corrected chi connectivity index (χ4v) is 4.02. The summed E-state index contributed by atoms with van der Waals surface area (Å²) in [5.41, 5.74) is 0.914. The number of hydrogen-bond acceptors (Lipinski definition) is 5. The molecule has 0 aliphatic heterocycles. The number of aromatic nitrogens is 1. The van der Waals surface area contributed by atoms with Crippen molar-refractivity contribution in [2.24, 2.45) is 0 Å². The van der Waals surface area contributed by atoms with E-state index in [2.05, 4.69) is 15.0 Å². The first-order valence-electron chi connectivity index (χ1n) is 9.39. The lowest BCUT2D eigenvalue weighted by Crippen LogP contribution is -2.19. The van der Waals surface area contributed by atoms with E-state index in [1.165, 1.54) is 26.1 Å². The van der Waals surface area contributed by atoms with Gasteiger partial charge in [-0.3, -0.25) is 9.52 Å². The normalized spacial score (nSPS) is 14.1. The molecule has 2 N–H and O–H groups in total. The SMILES string of the molecule is CCS(=O)(=O)Nc1nc2oc(-c3ccc(Cl)cc3F)c(C(=O)NC)c2cc1C1CC1. The van der Waals surface area contributed by atoms with Gasteiger partial charge in [0.15, 0.2) is 5.76 Å². The minimum absolute atomic E-state index is 0.00302. The van der Waals surface area contributed by atoms with Gasteiger partial charge in [-0.1, -0.05) is 11.6 Å². The van der Waals surface area contributed by atoms with Crippen molar-refractivity contribution in [3.63, 3.8) is 0 Å². The van der Waals surface area contributed by atoms with Gasteiger partial charge in [0.2, 0.25) is 15.7 Å². The quantitative estimate of drug-likeness (QED) is 0.582. The average Bonchev–Trinajstić information content (AvgIpc) is 3.47. The zero-order valence-corrected chi connectivity index (χ0v) is 17.8. The van der Waals surface area contributed by atoms with Gasteiger partial charge in [0.25, 0.3) is 5.91 Å². The maximum Gasteiger partial charge on any atom is 0.255 e. The number of anilines is 1. The molecule has 10 heteroatoms. The fourth-order valence-electron chi connectivity index (χ4n) is 3.26. The van der Waals surface area contributed by atoms with Gasteiger partial charge in [-0.25, -0.2) is 12.8 Å². The first kappa shape index (κ1) is 20.6. The summed E-state index contributed by atoms with van der Waals surface area (Å²) in [6.07, 6.45) is 1.78. The van der Waals surface area contributed by atoms with Gasteiger partial charge >= 0.3 is 0 Å². The van der Waals surface area contributed by atoms with Crippen LogP contribution in [0, 0.1) is 5.82 Å². The Hall–Kier alpha value is -2.65. The molecule has 158 valence electrons. The third-order valence-electron chi connectivity index (χ3n) is 4.99. The minimum atomic E-state index is -3.57. The molecule has 0 spiro atoms. The number of sulfonamides is 1. The maximum absolute atomic E-state index is 14.6. The Balaban J connectivity index is 1.98. The van der Waals surface area contributed by atoms with Crippen LogP contribution in [0.25, 0.3) is 22.4 Å². The van der Waals surface area contributed by atoms with Crippen LogP contribution in [0.3, 0.4) is 0 Å². The highest BCUT2D eigenvalue weighted by Gasteiger charge is 2.32. The van der Waals surface area contributed by atoms with Crippen LogP contribution in [0.5, 0.6) is 0 Å². The highest BCUT2D eigenvalue weighted by molar-refractivity contribution is 7.92. The molecule has 0 atom stereocenters. The molecule has 30 heavy (non-hydrogen) atoms. The van der Waals surface area contributed by atoms with Crippen molar-refractivity contribution in [2.75, 3.05) is 17.5 Å². The Morgan fingerprint density at radius 1 is 1.33 bits per heavy atom. The van der Waals surface area contributed by atoms with Crippen LogP contribution in [0.4, 0.5) is 10.2 Å². The van der Waals surface area contributed by atoms with Crippen LogP contribution in [-0.4, -0.2) is 32.1 Å². The Morgan fingerprint density at radius 3 is 2.67 bits per heavy atom. The number of rotatable bonds is 6. The van der Waals surface area contributed by atoms with Crippen molar-refractivity contribution < 1.29 is 22.0 Å². The molecular formula is C20H19ClFN3O4S. The number of pyridine rings is 1. The highest BCUT2D eigenvalue weighted by atomic mass is 35.5. The van der Waals surface area contributed by atoms with Crippen LogP contribution in [0.1, 0.15) is 41.6 Å². The Morgan fingerprint density at radius 2 is 2.07 bits per heavy atom. The van der Waals surface area contributed by atoms with Gasteiger partial charge in [0.1, 0.15) is 11.6 Å². The molecule has 1 aliphatic carbocycles. The van der Waals surface area contributed by atoms with Gasteiger partial charge < -0.3 is 9.73 Å². The van der Waals surface area contributed by atoms with E-state index in [-0.39, 0.29) is 45.1 Å². The Kier molecular flexibility index (Phi) is 5.19. The van der Waals surface area contributed by atoms with Crippen molar-refractivity contribution in [2.45, 2.75) is 25.7 Å². The number of furan rings is 1. The van der Waals surface area contributed by atoms with E-state index in [0.717, 1.165) is 18.9 Å². The molecule has 0 unspecified atom stereocenters. The molecule has 0 bridgehead atoms. The third kappa shape index (κ3) is 3.75. The Bertz CT molecular complexity index is 1270. The third-order valence-corrected chi connectivity index (χ3v) is 6.49. The van der Waals surface area contributed by atoms with Gasteiger partial charge in [-0.15, -0.1) is 0 Å². The number of carbonyl (C=O) groups is 1. The zero-order valence-electron chi connectivity index (χ0n) is 16.3. The van der Waals surface area contributed by atoms with E-state index in [1.54, 1.807) is 6.07 Å². The number of hydrogen-bond donors (Lipinski definition) is 2. The topological polar surface area (TPSA) is 101 Å². The molecule has 0 radical (unpaired) electrons. The molecule has 4 rings (SSSR count). The molecule has 7 nitrogen and oxygen atoms in total. The summed E-state index contributed by atoms with van der Waals surface area (Å²) in [6.45, 7) is 1.52. The zero-order chi connectivity index (χ0) is 21.6. The first-order valence-corrected chi connectivity index (χ1v) is 11.4. The fraction of sp³-hybridized carbons (Fsp3) is 0.300. The summed E-state index contributed by atoms with van der Waals surface area (Å²) in [5.74, 6) is -0.917. The summed E-state index contributed by atoms with van der Waals surface area (Å²) < 4.78 is 47.1. The minimum Gasteiger partial charge on any atom is -0.437 e. The summed E-state index contributed by atoms with van der Waals surface area (Å²) in [5, 5.41) is 3.14. The van der Waals surface area contributed by atoms with Gasteiger partial charge in [-0.05, 0) is 55.5 Å². The number of fused-ring (bicyclic) bond motifs is 1. The summed E-state index contributed by atoms with van der Waals surface area (Å²) >= 11 is 5.84. The predicted molar refractivity (Wildman–Crippen MR) is 113 cm³/mol. The van der Waals surface area contributed by atoms with E-state index in [4.69, 9.17) is 16.0 Å². The molecule has 3 aromatic rings. The van der Waals surface area contributed by atoms with Crippen molar-refractivity contribution in [1.82, 2.24) is 10.3 Å². The molecule has 1 aromatic carbocycles. The number of benzene rings is 1. The van der Waals surface area contributed by atoms with Crippen molar-refractivity contribution >= 4 is 44.4 Å². The van der Waals surface area contributed by atoms with Gasteiger partial charge in [0.05, 0.1) is 22.3 Å². The second kappa shape index (κ2) is 7.55. The number of nitrogens with one attached hydrogen (secondary N) is 2. The summed E-state index contributed by atoms with van der Waals surface area (Å²) in [7, 11) is -2.11. The smallest absolute Gasteiger partial charge is 0.255 e. The Labute approximate surface area is 177 Å². The van der Waals surface area contributed by atoms with Crippen LogP contribution in [0.15, 0.2) is 28.7 Å². The molecule has 2 aromatic heterocycles. The monoisotopic (exact) mass is 451 g/mol. The lowest BCUT2D eigenvalue weighted by atomic mass is 10.0. The molecule has 1 fully saturated rings. The molecule has 1 amide bonds. The molecule has 1 aliphatic rings. The lowest BCUT2D eigenvalue weighted by molar-refractivity contribution is 0.0964. The molecule has 0 saturated heterocycles. The van der Waals surface area contributed by atoms with Crippen molar-refractivity contribution in [1.29, 1.82) is 0 Å².